The van der Waals surface area contributed by atoms with E-state index in [0.717, 1.165) is 70.8 Å². The molecule has 192 valence electrons. The smallest absolute Gasteiger partial charge is 0.165 e. The highest BCUT2D eigenvalue weighted by atomic mass is 19.1. The molecule has 0 aliphatic carbocycles. The number of methoxy groups -OCH3 is 3. The third kappa shape index (κ3) is 5.44. The van der Waals surface area contributed by atoms with Crippen molar-refractivity contribution in [2.75, 3.05) is 39.7 Å². The molecule has 4 aromatic rings. The number of fused-ring (bicyclic) bond motifs is 1. The van der Waals surface area contributed by atoms with Crippen LogP contribution in [0.4, 0.5) is 10.2 Å². The molecule has 3 aromatic carbocycles. The Morgan fingerprint density at radius 1 is 0.838 bits per heavy atom. The second kappa shape index (κ2) is 11.0. The third-order valence-electron chi connectivity index (χ3n) is 6.90. The van der Waals surface area contributed by atoms with Gasteiger partial charge in [-0.2, -0.15) is 0 Å². The van der Waals surface area contributed by atoms with Crippen LogP contribution in [0.3, 0.4) is 0 Å². The Bertz CT molecular complexity index is 1370. The Morgan fingerprint density at radius 2 is 1.57 bits per heavy atom. The van der Waals surface area contributed by atoms with E-state index in [-0.39, 0.29) is 17.6 Å². The fraction of sp³-hybridized carbons (Fsp3) is 0.310. The molecule has 1 N–H and O–H groups in total. The van der Waals surface area contributed by atoms with Gasteiger partial charge in [0.1, 0.15) is 17.2 Å². The summed E-state index contributed by atoms with van der Waals surface area (Å²) in [6, 6.07) is 19.2. The molecule has 0 amide bonds. The van der Waals surface area contributed by atoms with E-state index < -0.39 is 0 Å². The summed E-state index contributed by atoms with van der Waals surface area (Å²) in [4.78, 5) is 2.35. The van der Waals surface area contributed by atoms with Crippen molar-refractivity contribution in [3.05, 3.63) is 72.0 Å². The Kier molecular flexibility index (Phi) is 7.37. The molecule has 0 bridgehead atoms. The average molecular weight is 503 g/mol. The van der Waals surface area contributed by atoms with Crippen LogP contribution in [0.25, 0.3) is 22.0 Å². The zero-order chi connectivity index (χ0) is 25.8. The van der Waals surface area contributed by atoms with Crippen LogP contribution in [-0.4, -0.2) is 55.6 Å². The Labute approximate surface area is 216 Å². The minimum atomic E-state index is -0.324. The first-order valence-corrected chi connectivity index (χ1v) is 12.4. The molecule has 0 unspecified atom stereocenters. The van der Waals surface area contributed by atoms with Crippen LogP contribution in [0.1, 0.15) is 18.4 Å². The van der Waals surface area contributed by atoms with Crippen molar-refractivity contribution in [1.82, 2.24) is 15.1 Å². The Morgan fingerprint density at radius 3 is 2.24 bits per heavy atom. The quantitative estimate of drug-likeness (QED) is 0.339. The zero-order valence-corrected chi connectivity index (χ0v) is 21.3. The van der Waals surface area contributed by atoms with Gasteiger partial charge in [-0.25, -0.2) is 4.39 Å². The number of anilines is 1. The summed E-state index contributed by atoms with van der Waals surface area (Å²) in [5.74, 6) is 2.27. The number of hydrogen-bond acceptors (Lipinski definition) is 7. The van der Waals surface area contributed by atoms with Crippen molar-refractivity contribution in [2.24, 2.45) is 0 Å². The van der Waals surface area contributed by atoms with Crippen LogP contribution in [0.15, 0.2) is 60.7 Å². The summed E-state index contributed by atoms with van der Waals surface area (Å²) < 4.78 is 29.9. The number of piperidine rings is 1. The first-order valence-electron chi connectivity index (χ1n) is 12.4. The topological polar surface area (TPSA) is 68.7 Å². The second-order valence-corrected chi connectivity index (χ2v) is 9.20. The fourth-order valence-electron chi connectivity index (χ4n) is 4.82. The number of nitrogens with one attached hydrogen (secondary N) is 1. The number of ether oxygens (including phenoxy) is 3. The summed E-state index contributed by atoms with van der Waals surface area (Å²) >= 11 is 0. The summed E-state index contributed by atoms with van der Waals surface area (Å²) in [5.41, 5.74) is 2.73. The largest absolute Gasteiger partial charge is 0.497 e. The van der Waals surface area contributed by atoms with E-state index in [1.807, 2.05) is 48.5 Å². The van der Waals surface area contributed by atoms with E-state index in [4.69, 9.17) is 14.2 Å². The predicted molar refractivity (Wildman–Crippen MR) is 143 cm³/mol. The monoisotopic (exact) mass is 502 g/mol. The molecule has 37 heavy (non-hydrogen) atoms. The number of hydrogen-bond donors (Lipinski definition) is 1. The molecule has 0 spiro atoms. The number of aromatic nitrogens is 2. The minimum absolute atomic E-state index is 0.263. The lowest BCUT2D eigenvalue weighted by Crippen LogP contribution is -2.38. The molecule has 0 saturated carbocycles. The van der Waals surface area contributed by atoms with E-state index in [1.54, 1.807) is 26.4 Å². The summed E-state index contributed by atoms with van der Waals surface area (Å²) in [7, 11) is 4.80. The molecule has 1 fully saturated rings. The highest BCUT2D eigenvalue weighted by Crippen LogP contribution is 2.34. The lowest BCUT2D eigenvalue weighted by Gasteiger charge is -2.32. The minimum Gasteiger partial charge on any atom is -0.497 e. The molecule has 1 aliphatic rings. The number of likely N-dealkylation sites (tertiary alicyclic amines) is 1. The maximum absolute atomic E-state index is 14.1. The van der Waals surface area contributed by atoms with Gasteiger partial charge < -0.3 is 19.5 Å². The maximum Gasteiger partial charge on any atom is 0.165 e. The third-order valence-corrected chi connectivity index (χ3v) is 6.90. The van der Waals surface area contributed by atoms with Gasteiger partial charge in [0.2, 0.25) is 0 Å². The summed E-state index contributed by atoms with van der Waals surface area (Å²) in [5, 5.41) is 14.8. The molecular formula is C29H31FN4O3. The summed E-state index contributed by atoms with van der Waals surface area (Å²) in [6.07, 6.45) is 1.90. The van der Waals surface area contributed by atoms with Gasteiger partial charge in [-0.3, -0.25) is 4.90 Å². The van der Waals surface area contributed by atoms with Crippen molar-refractivity contribution in [3.63, 3.8) is 0 Å². The normalized spacial score (nSPS) is 14.5. The van der Waals surface area contributed by atoms with Gasteiger partial charge in [-0.05, 0) is 73.0 Å². The van der Waals surface area contributed by atoms with Gasteiger partial charge in [-0.1, -0.05) is 6.07 Å². The van der Waals surface area contributed by atoms with Gasteiger partial charge in [0.15, 0.2) is 17.4 Å². The van der Waals surface area contributed by atoms with Gasteiger partial charge in [0.25, 0.3) is 0 Å². The molecule has 1 aromatic heterocycles. The van der Waals surface area contributed by atoms with Gasteiger partial charge >= 0.3 is 0 Å². The van der Waals surface area contributed by atoms with Crippen molar-refractivity contribution < 1.29 is 18.6 Å². The van der Waals surface area contributed by atoms with Crippen molar-refractivity contribution in [1.29, 1.82) is 0 Å². The molecule has 1 saturated heterocycles. The van der Waals surface area contributed by atoms with Crippen LogP contribution in [-0.2, 0) is 6.54 Å². The van der Waals surface area contributed by atoms with E-state index in [9.17, 15) is 4.39 Å². The van der Waals surface area contributed by atoms with E-state index in [0.29, 0.717) is 6.54 Å². The van der Waals surface area contributed by atoms with Crippen molar-refractivity contribution in [2.45, 2.75) is 25.4 Å². The standard InChI is InChI=1S/C29H31FN4O3/c1-35-22-7-5-20(6-8-22)28-24-10-9-23(36-2)17-25(24)29(33-32-28)31-21-12-14-34(15-13-21)18-19-4-11-27(37-3)26(30)16-19/h4-11,16-17,21H,12-15,18H2,1-3H3,(H,31,33). The number of halogens is 1. The van der Waals surface area contributed by atoms with Crippen LogP contribution >= 0.6 is 0 Å². The zero-order valence-electron chi connectivity index (χ0n) is 21.3. The second-order valence-electron chi connectivity index (χ2n) is 9.20. The van der Waals surface area contributed by atoms with Gasteiger partial charge in [0.05, 0.1) is 21.3 Å². The van der Waals surface area contributed by atoms with Gasteiger partial charge in [0, 0.05) is 42.0 Å². The molecule has 2 heterocycles. The van der Waals surface area contributed by atoms with Crippen molar-refractivity contribution in [3.8, 4) is 28.5 Å². The maximum atomic E-state index is 14.1. The first kappa shape index (κ1) is 24.8. The van der Waals surface area contributed by atoms with Crippen molar-refractivity contribution >= 4 is 16.6 Å². The molecule has 8 heteroatoms. The molecule has 1 aliphatic heterocycles. The predicted octanol–water partition coefficient (Wildman–Crippen LogP) is 5.54. The number of rotatable bonds is 8. The molecule has 0 atom stereocenters. The molecule has 0 radical (unpaired) electrons. The highest BCUT2D eigenvalue weighted by molar-refractivity contribution is 6.00. The molecule has 7 nitrogen and oxygen atoms in total. The number of benzene rings is 3. The SMILES string of the molecule is COc1ccc(-c2nnc(NC3CCN(Cc4ccc(OC)c(F)c4)CC3)c3cc(OC)ccc23)cc1. The van der Waals surface area contributed by atoms with Crippen LogP contribution in [0.5, 0.6) is 17.2 Å². The lowest BCUT2D eigenvalue weighted by molar-refractivity contribution is 0.211. The van der Waals surface area contributed by atoms with Crippen LogP contribution < -0.4 is 19.5 Å². The van der Waals surface area contributed by atoms with E-state index in [1.165, 1.54) is 7.11 Å². The first-order chi connectivity index (χ1) is 18.1. The Hall–Kier alpha value is -3.91. The Balaban J connectivity index is 1.31. The number of nitrogens with zero attached hydrogens (tertiary/aromatic N) is 3. The molecule has 5 rings (SSSR count). The lowest BCUT2D eigenvalue weighted by atomic mass is 10.0. The fourth-order valence-corrected chi connectivity index (χ4v) is 4.82. The van der Waals surface area contributed by atoms with E-state index in [2.05, 4.69) is 20.4 Å². The van der Waals surface area contributed by atoms with Crippen LogP contribution in [0.2, 0.25) is 0 Å². The van der Waals surface area contributed by atoms with Crippen LogP contribution in [0, 0.1) is 5.82 Å². The highest BCUT2D eigenvalue weighted by Gasteiger charge is 2.22. The average Bonchev–Trinajstić information content (AvgIpc) is 2.94. The van der Waals surface area contributed by atoms with E-state index >= 15 is 0 Å². The molecular weight excluding hydrogens is 471 g/mol. The summed E-state index contributed by atoms with van der Waals surface area (Å²) in [6.45, 7) is 2.53. The van der Waals surface area contributed by atoms with Gasteiger partial charge in [-0.15, -0.1) is 10.2 Å².